The summed E-state index contributed by atoms with van der Waals surface area (Å²) in [4.78, 5) is 0. The van der Waals surface area contributed by atoms with Crippen LogP contribution in [-0.2, 0) is 17.2 Å². The lowest BCUT2D eigenvalue weighted by Gasteiger charge is -2.13. The molecular weight excluding hydrogens is 226 g/mol. The number of hydrogen-bond donors (Lipinski definition) is 0. The average Bonchev–Trinajstić information content (AvgIpc) is 2.87. The molecule has 1 aromatic rings. The lowest BCUT2D eigenvalue weighted by atomic mass is 10.1. The summed E-state index contributed by atoms with van der Waals surface area (Å²) < 4.78 is 7.57. The van der Waals surface area contributed by atoms with Gasteiger partial charge in [-0.05, 0) is 18.8 Å². The molecule has 0 amide bonds. The fourth-order valence-electron chi connectivity index (χ4n) is 2.20. The van der Waals surface area contributed by atoms with Crippen molar-refractivity contribution in [1.82, 2.24) is 15.0 Å². The minimum absolute atomic E-state index is 0.294. The Morgan fingerprint density at radius 3 is 2.94 bits per heavy atom. The van der Waals surface area contributed by atoms with Crippen LogP contribution in [0.4, 0.5) is 0 Å². The molecule has 1 aliphatic rings. The Kier molecular flexibility index (Phi) is 3.82. The van der Waals surface area contributed by atoms with Crippen LogP contribution >= 0.6 is 11.6 Å². The van der Waals surface area contributed by atoms with E-state index in [1.54, 1.807) is 0 Å². The molecule has 0 bridgehead atoms. The van der Waals surface area contributed by atoms with Gasteiger partial charge in [0.05, 0.1) is 24.2 Å². The minimum Gasteiger partial charge on any atom is -0.376 e. The minimum atomic E-state index is 0.294. The molecular formula is C11H18ClN3O. The molecule has 0 spiro atoms. The fourth-order valence-corrected chi connectivity index (χ4v) is 2.39. The number of halogens is 1. The highest BCUT2D eigenvalue weighted by molar-refractivity contribution is 6.16. The number of aromatic nitrogens is 3. The third-order valence-corrected chi connectivity index (χ3v) is 3.17. The third kappa shape index (κ3) is 2.38. The summed E-state index contributed by atoms with van der Waals surface area (Å²) in [6, 6.07) is 0. The molecule has 1 unspecified atom stereocenters. The van der Waals surface area contributed by atoms with Crippen molar-refractivity contribution >= 4 is 11.6 Å². The maximum Gasteiger partial charge on any atom is 0.101 e. The van der Waals surface area contributed by atoms with Crippen molar-refractivity contribution in [2.75, 3.05) is 6.61 Å². The predicted molar refractivity (Wildman–Crippen MR) is 62.6 cm³/mol. The van der Waals surface area contributed by atoms with Crippen molar-refractivity contribution in [3.8, 4) is 0 Å². The van der Waals surface area contributed by atoms with E-state index >= 15 is 0 Å². The first-order valence-electron chi connectivity index (χ1n) is 5.82. The van der Waals surface area contributed by atoms with Gasteiger partial charge in [0.2, 0.25) is 0 Å². The molecule has 0 N–H and O–H groups in total. The van der Waals surface area contributed by atoms with Crippen LogP contribution in [0.3, 0.4) is 0 Å². The average molecular weight is 244 g/mol. The Labute approximate surface area is 101 Å². The maximum atomic E-state index is 5.86. The summed E-state index contributed by atoms with van der Waals surface area (Å²) in [6.07, 6.45) is 2.56. The first-order valence-corrected chi connectivity index (χ1v) is 6.35. The molecule has 2 heterocycles. The Bertz CT molecular complexity index is 345. The quantitative estimate of drug-likeness (QED) is 0.762. The Morgan fingerprint density at radius 1 is 1.56 bits per heavy atom. The Hall–Kier alpha value is -0.610. The van der Waals surface area contributed by atoms with E-state index in [0.29, 0.717) is 17.9 Å². The summed E-state index contributed by atoms with van der Waals surface area (Å²) >= 11 is 5.86. The second kappa shape index (κ2) is 5.15. The molecule has 16 heavy (non-hydrogen) atoms. The molecule has 5 heteroatoms. The first kappa shape index (κ1) is 11.9. The van der Waals surface area contributed by atoms with Gasteiger partial charge < -0.3 is 4.74 Å². The second-order valence-electron chi connectivity index (χ2n) is 4.53. The zero-order valence-electron chi connectivity index (χ0n) is 9.82. The van der Waals surface area contributed by atoms with E-state index in [1.807, 2.05) is 4.68 Å². The van der Waals surface area contributed by atoms with Crippen molar-refractivity contribution in [1.29, 1.82) is 0 Å². The van der Waals surface area contributed by atoms with Crippen LogP contribution in [0.5, 0.6) is 0 Å². The van der Waals surface area contributed by atoms with Crippen LogP contribution in [0, 0.1) is 0 Å². The molecule has 1 saturated heterocycles. The van der Waals surface area contributed by atoms with E-state index in [2.05, 4.69) is 24.2 Å². The van der Waals surface area contributed by atoms with Gasteiger partial charge in [-0.2, -0.15) is 0 Å². The summed E-state index contributed by atoms with van der Waals surface area (Å²) in [5.41, 5.74) is 2.04. The van der Waals surface area contributed by atoms with Crippen molar-refractivity contribution in [3.63, 3.8) is 0 Å². The van der Waals surface area contributed by atoms with E-state index in [0.717, 1.165) is 37.4 Å². The molecule has 90 valence electrons. The summed E-state index contributed by atoms with van der Waals surface area (Å²) in [6.45, 7) is 5.96. The number of hydrogen-bond acceptors (Lipinski definition) is 3. The van der Waals surface area contributed by atoms with Crippen molar-refractivity contribution in [2.45, 2.75) is 51.1 Å². The first-order chi connectivity index (χ1) is 7.72. The summed E-state index contributed by atoms with van der Waals surface area (Å²) in [7, 11) is 0. The van der Waals surface area contributed by atoms with E-state index in [4.69, 9.17) is 16.3 Å². The van der Waals surface area contributed by atoms with Gasteiger partial charge in [0.25, 0.3) is 0 Å². The monoisotopic (exact) mass is 243 g/mol. The lowest BCUT2D eigenvalue weighted by molar-refractivity contribution is 0.0925. The van der Waals surface area contributed by atoms with Gasteiger partial charge >= 0.3 is 0 Å². The standard InChI is InChI=1S/C11H18ClN3O/c1-8(2)11-10(6-12)13-14-15(11)7-9-4-3-5-16-9/h8-9H,3-7H2,1-2H3. The molecule has 0 aromatic carbocycles. The predicted octanol–water partition coefficient (Wildman–Crippen LogP) is 2.32. The maximum absolute atomic E-state index is 5.86. The number of nitrogens with zero attached hydrogens (tertiary/aromatic N) is 3. The van der Waals surface area contributed by atoms with E-state index < -0.39 is 0 Å². The van der Waals surface area contributed by atoms with Crippen LogP contribution in [0.25, 0.3) is 0 Å². The number of rotatable bonds is 4. The Morgan fingerprint density at radius 2 is 2.38 bits per heavy atom. The van der Waals surface area contributed by atoms with E-state index in [9.17, 15) is 0 Å². The van der Waals surface area contributed by atoms with Crippen LogP contribution < -0.4 is 0 Å². The zero-order chi connectivity index (χ0) is 11.5. The van der Waals surface area contributed by atoms with Crippen molar-refractivity contribution in [3.05, 3.63) is 11.4 Å². The largest absolute Gasteiger partial charge is 0.376 e. The highest BCUT2D eigenvalue weighted by Crippen LogP contribution is 2.21. The van der Waals surface area contributed by atoms with Crippen molar-refractivity contribution < 1.29 is 4.74 Å². The van der Waals surface area contributed by atoms with Gasteiger partial charge in [0, 0.05) is 6.61 Å². The molecule has 2 rings (SSSR count). The highest BCUT2D eigenvalue weighted by atomic mass is 35.5. The van der Waals surface area contributed by atoms with Gasteiger partial charge in [-0.1, -0.05) is 19.1 Å². The van der Waals surface area contributed by atoms with Crippen LogP contribution in [-0.4, -0.2) is 27.7 Å². The van der Waals surface area contributed by atoms with Gasteiger partial charge in [-0.25, -0.2) is 4.68 Å². The van der Waals surface area contributed by atoms with Gasteiger partial charge in [-0.15, -0.1) is 16.7 Å². The molecule has 1 atom stereocenters. The summed E-state index contributed by atoms with van der Waals surface area (Å²) in [5, 5.41) is 8.30. The summed E-state index contributed by atoms with van der Waals surface area (Å²) in [5.74, 6) is 0.823. The second-order valence-corrected chi connectivity index (χ2v) is 4.79. The highest BCUT2D eigenvalue weighted by Gasteiger charge is 2.21. The molecule has 0 radical (unpaired) electrons. The van der Waals surface area contributed by atoms with Gasteiger partial charge in [0.1, 0.15) is 5.69 Å². The fraction of sp³-hybridized carbons (Fsp3) is 0.818. The molecule has 4 nitrogen and oxygen atoms in total. The Balaban J connectivity index is 2.15. The van der Waals surface area contributed by atoms with E-state index in [1.165, 1.54) is 0 Å². The molecule has 1 fully saturated rings. The van der Waals surface area contributed by atoms with Crippen LogP contribution in [0.15, 0.2) is 0 Å². The molecule has 1 aliphatic heterocycles. The topological polar surface area (TPSA) is 39.9 Å². The smallest absolute Gasteiger partial charge is 0.101 e. The zero-order valence-corrected chi connectivity index (χ0v) is 10.6. The molecule has 1 aromatic heterocycles. The lowest BCUT2D eigenvalue weighted by Crippen LogP contribution is -2.18. The third-order valence-electron chi connectivity index (χ3n) is 2.92. The van der Waals surface area contributed by atoms with Crippen LogP contribution in [0.1, 0.15) is 44.0 Å². The van der Waals surface area contributed by atoms with Crippen molar-refractivity contribution in [2.24, 2.45) is 0 Å². The van der Waals surface area contributed by atoms with Crippen LogP contribution in [0.2, 0.25) is 0 Å². The van der Waals surface area contributed by atoms with Gasteiger partial charge in [-0.3, -0.25) is 0 Å². The molecule has 0 aliphatic carbocycles. The normalized spacial score (nSPS) is 20.9. The molecule has 0 saturated carbocycles. The SMILES string of the molecule is CC(C)c1c(CCl)nnn1CC1CCCO1. The number of ether oxygens (including phenoxy) is 1. The number of alkyl halides is 1. The van der Waals surface area contributed by atoms with Gasteiger partial charge in [0.15, 0.2) is 0 Å². The van der Waals surface area contributed by atoms with E-state index in [-0.39, 0.29) is 0 Å².